The van der Waals surface area contributed by atoms with Crippen molar-refractivity contribution in [1.29, 1.82) is 0 Å². The maximum Gasteiger partial charge on any atom is 0.228 e. The van der Waals surface area contributed by atoms with Crippen LogP contribution in [-0.4, -0.2) is 46.2 Å². The van der Waals surface area contributed by atoms with Crippen LogP contribution in [-0.2, 0) is 4.74 Å². The molecular formula is C26H25F2N5O2. The number of fused-ring (bicyclic) bond motifs is 1. The molecule has 180 valence electrons. The fourth-order valence-electron chi connectivity index (χ4n) is 4.30. The molecule has 0 spiro atoms. The average Bonchev–Trinajstić information content (AvgIpc) is 2.84. The van der Waals surface area contributed by atoms with Crippen molar-refractivity contribution in [3.05, 3.63) is 71.1 Å². The van der Waals surface area contributed by atoms with E-state index < -0.39 is 11.6 Å². The van der Waals surface area contributed by atoms with E-state index in [2.05, 4.69) is 9.97 Å². The highest BCUT2D eigenvalue weighted by Gasteiger charge is 2.29. The van der Waals surface area contributed by atoms with Gasteiger partial charge in [0.1, 0.15) is 17.7 Å². The molecule has 1 fully saturated rings. The Labute approximate surface area is 201 Å². The van der Waals surface area contributed by atoms with E-state index in [0.29, 0.717) is 41.6 Å². The monoisotopic (exact) mass is 477 g/mol. The SMILES string of the molecule is COc1cc([C@H]2CN(c3nc(-c4ccc(F)cc4F)c4cc(C)c(C)nc4n3)C[C@H](C)O2)ccn1. The molecule has 7 nitrogen and oxygen atoms in total. The molecule has 0 N–H and O–H groups in total. The molecule has 5 rings (SSSR count). The number of rotatable bonds is 4. The van der Waals surface area contributed by atoms with Gasteiger partial charge in [0.2, 0.25) is 11.8 Å². The summed E-state index contributed by atoms with van der Waals surface area (Å²) in [6.45, 7) is 6.82. The van der Waals surface area contributed by atoms with Gasteiger partial charge in [0.05, 0.1) is 25.5 Å². The molecule has 1 aliphatic rings. The second-order valence-corrected chi connectivity index (χ2v) is 8.73. The summed E-state index contributed by atoms with van der Waals surface area (Å²) >= 11 is 0. The molecule has 0 aliphatic carbocycles. The number of morpholine rings is 1. The number of hydrogen-bond acceptors (Lipinski definition) is 7. The Hall–Kier alpha value is -3.72. The van der Waals surface area contributed by atoms with Crippen LogP contribution in [0.15, 0.2) is 42.6 Å². The zero-order chi connectivity index (χ0) is 24.7. The topological polar surface area (TPSA) is 73.3 Å². The minimum Gasteiger partial charge on any atom is -0.481 e. The Morgan fingerprint density at radius 2 is 1.86 bits per heavy atom. The molecule has 1 aromatic carbocycles. The van der Waals surface area contributed by atoms with Gasteiger partial charge < -0.3 is 14.4 Å². The molecule has 2 atom stereocenters. The minimum atomic E-state index is -0.689. The van der Waals surface area contributed by atoms with Crippen molar-refractivity contribution < 1.29 is 18.3 Å². The third-order valence-electron chi connectivity index (χ3n) is 6.19. The van der Waals surface area contributed by atoms with Gasteiger partial charge in [-0.1, -0.05) is 0 Å². The fraction of sp³-hybridized carbons (Fsp3) is 0.308. The molecule has 4 aromatic rings. The van der Waals surface area contributed by atoms with Crippen molar-refractivity contribution in [3.63, 3.8) is 0 Å². The van der Waals surface area contributed by atoms with Crippen molar-refractivity contribution in [3.8, 4) is 17.1 Å². The van der Waals surface area contributed by atoms with Gasteiger partial charge in [-0.25, -0.2) is 23.7 Å². The van der Waals surface area contributed by atoms with Crippen LogP contribution in [0.4, 0.5) is 14.7 Å². The van der Waals surface area contributed by atoms with Gasteiger partial charge in [0.15, 0.2) is 5.65 Å². The van der Waals surface area contributed by atoms with E-state index in [-0.39, 0.29) is 17.8 Å². The third kappa shape index (κ3) is 4.51. The van der Waals surface area contributed by atoms with Gasteiger partial charge in [-0.3, -0.25) is 0 Å². The molecule has 0 bridgehead atoms. The Morgan fingerprint density at radius 1 is 1.03 bits per heavy atom. The molecule has 35 heavy (non-hydrogen) atoms. The fourth-order valence-corrected chi connectivity index (χ4v) is 4.30. The maximum absolute atomic E-state index is 14.9. The zero-order valence-corrected chi connectivity index (χ0v) is 19.9. The van der Waals surface area contributed by atoms with Crippen LogP contribution in [0.25, 0.3) is 22.3 Å². The van der Waals surface area contributed by atoms with Crippen LogP contribution < -0.4 is 9.64 Å². The summed E-state index contributed by atoms with van der Waals surface area (Å²) in [6, 6.07) is 9.12. The summed E-state index contributed by atoms with van der Waals surface area (Å²) in [5, 5.41) is 0.610. The molecule has 0 radical (unpaired) electrons. The third-order valence-corrected chi connectivity index (χ3v) is 6.19. The number of aryl methyl sites for hydroxylation is 2. The van der Waals surface area contributed by atoms with Crippen molar-refractivity contribution in [2.24, 2.45) is 0 Å². The Balaban J connectivity index is 1.62. The highest BCUT2D eigenvalue weighted by atomic mass is 19.1. The lowest BCUT2D eigenvalue weighted by atomic mass is 10.1. The van der Waals surface area contributed by atoms with Crippen molar-refractivity contribution >= 4 is 17.0 Å². The smallest absolute Gasteiger partial charge is 0.228 e. The second kappa shape index (κ2) is 9.14. The zero-order valence-electron chi connectivity index (χ0n) is 19.9. The molecule has 9 heteroatoms. The number of anilines is 1. The summed E-state index contributed by atoms with van der Waals surface area (Å²) < 4.78 is 40.0. The lowest BCUT2D eigenvalue weighted by Crippen LogP contribution is -2.43. The van der Waals surface area contributed by atoms with Crippen LogP contribution in [0.2, 0.25) is 0 Å². The van der Waals surface area contributed by atoms with Gasteiger partial charge >= 0.3 is 0 Å². The number of ether oxygens (including phenoxy) is 2. The molecular weight excluding hydrogens is 452 g/mol. The molecule has 0 amide bonds. The average molecular weight is 478 g/mol. The number of benzene rings is 1. The van der Waals surface area contributed by atoms with Crippen LogP contribution >= 0.6 is 0 Å². The Morgan fingerprint density at radius 3 is 2.63 bits per heavy atom. The second-order valence-electron chi connectivity index (χ2n) is 8.73. The normalized spacial score (nSPS) is 18.2. The van der Waals surface area contributed by atoms with Gasteiger partial charge in [-0.05, 0) is 56.2 Å². The van der Waals surface area contributed by atoms with E-state index in [1.165, 1.54) is 12.1 Å². The van der Waals surface area contributed by atoms with Gasteiger partial charge in [0, 0.05) is 41.5 Å². The van der Waals surface area contributed by atoms with E-state index in [4.69, 9.17) is 19.4 Å². The van der Waals surface area contributed by atoms with E-state index in [9.17, 15) is 8.78 Å². The van der Waals surface area contributed by atoms with E-state index >= 15 is 0 Å². The molecule has 3 aromatic heterocycles. The largest absolute Gasteiger partial charge is 0.481 e. The first-order valence-corrected chi connectivity index (χ1v) is 11.3. The number of nitrogens with zero attached hydrogens (tertiary/aromatic N) is 5. The van der Waals surface area contributed by atoms with Crippen LogP contribution in [0.1, 0.15) is 29.8 Å². The summed E-state index contributed by atoms with van der Waals surface area (Å²) in [4.78, 5) is 20.3. The first-order valence-electron chi connectivity index (χ1n) is 11.3. The van der Waals surface area contributed by atoms with Crippen LogP contribution in [0.5, 0.6) is 5.88 Å². The first-order chi connectivity index (χ1) is 16.8. The quantitative estimate of drug-likeness (QED) is 0.411. The number of pyridine rings is 2. The molecule has 0 saturated carbocycles. The Bertz CT molecular complexity index is 1410. The van der Waals surface area contributed by atoms with Crippen molar-refractivity contribution in [2.45, 2.75) is 33.0 Å². The molecule has 1 aliphatic heterocycles. The highest BCUT2D eigenvalue weighted by molar-refractivity contribution is 5.92. The van der Waals surface area contributed by atoms with Crippen LogP contribution in [0.3, 0.4) is 0 Å². The van der Waals surface area contributed by atoms with E-state index in [1.54, 1.807) is 13.3 Å². The Kier molecular flexibility index (Phi) is 6.02. The van der Waals surface area contributed by atoms with Crippen molar-refractivity contribution in [1.82, 2.24) is 19.9 Å². The predicted molar refractivity (Wildman–Crippen MR) is 128 cm³/mol. The van der Waals surface area contributed by atoms with E-state index in [0.717, 1.165) is 22.9 Å². The summed E-state index contributed by atoms with van der Waals surface area (Å²) in [5.74, 6) is -0.422. The molecule has 0 unspecified atom stereocenters. The van der Waals surface area contributed by atoms with Gasteiger partial charge in [-0.2, -0.15) is 4.98 Å². The lowest BCUT2D eigenvalue weighted by Gasteiger charge is -2.37. The van der Waals surface area contributed by atoms with Crippen LogP contribution in [0, 0.1) is 25.5 Å². The van der Waals surface area contributed by atoms with Crippen molar-refractivity contribution in [2.75, 3.05) is 25.1 Å². The maximum atomic E-state index is 14.9. The van der Waals surface area contributed by atoms with Gasteiger partial charge in [0.25, 0.3) is 0 Å². The highest BCUT2D eigenvalue weighted by Crippen LogP contribution is 2.33. The summed E-state index contributed by atoms with van der Waals surface area (Å²) in [7, 11) is 1.57. The number of methoxy groups -OCH3 is 1. The van der Waals surface area contributed by atoms with Gasteiger partial charge in [-0.15, -0.1) is 0 Å². The standard InChI is InChI=1S/C26H25F2N5O2/c1-14-9-20-24(19-6-5-18(27)11-21(19)28)31-26(32-25(20)30-16(14)3)33-12-15(2)35-22(13-33)17-7-8-29-23(10-17)34-4/h5-11,15,22H,12-13H2,1-4H3/t15-,22+/m0/s1. The lowest BCUT2D eigenvalue weighted by molar-refractivity contribution is -0.0179. The first kappa shape index (κ1) is 23.0. The summed E-state index contributed by atoms with van der Waals surface area (Å²) in [6.07, 6.45) is 1.29. The number of hydrogen-bond donors (Lipinski definition) is 0. The summed E-state index contributed by atoms with van der Waals surface area (Å²) in [5.41, 5.74) is 3.71. The molecule has 4 heterocycles. The molecule has 1 saturated heterocycles. The number of aromatic nitrogens is 4. The number of halogens is 2. The van der Waals surface area contributed by atoms with E-state index in [1.807, 2.05) is 43.9 Å². The predicted octanol–water partition coefficient (Wildman–Crippen LogP) is 4.96. The minimum absolute atomic E-state index is 0.120.